The van der Waals surface area contributed by atoms with Gasteiger partial charge in [0.05, 0.1) is 27.7 Å². The van der Waals surface area contributed by atoms with E-state index in [2.05, 4.69) is 31.8 Å². The molecule has 25 heavy (non-hydrogen) atoms. The smallest absolute Gasteiger partial charge is 0.253 e. The van der Waals surface area contributed by atoms with Crippen LogP contribution in [0.3, 0.4) is 0 Å². The van der Waals surface area contributed by atoms with Crippen LogP contribution in [0.25, 0.3) is 0 Å². The number of hydrogen-bond acceptors (Lipinski definition) is 6. The van der Waals surface area contributed by atoms with E-state index in [0.29, 0.717) is 30.9 Å². The molecule has 7 nitrogen and oxygen atoms in total. The van der Waals surface area contributed by atoms with E-state index in [9.17, 15) is 19.8 Å². The second-order valence-corrected chi connectivity index (χ2v) is 7.20. The Morgan fingerprint density at radius 1 is 0.920 bits per heavy atom. The fraction of sp³-hybridized carbons (Fsp3) is 0.444. The van der Waals surface area contributed by atoms with E-state index < -0.39 is 10.9 Å². The van der Waals surface area contributed by atoms with Crippen molar-refractivity contribution in [2.24, 2.45) is 0 Å². The lowest BCUT2D eigenvalue weighted by molar-refractivity contribution is -0.870. The molecule has 7 heteroatoms. The van der Waals surface area contributed by atoms with Crippen molar-refractivity contribution in [1.29, 1.82) is 0 Å². The van der Waals surface area contributed by atoms with Crippen LogP contribution < -0.4 is 21.5 Å². The zero-order valence-electron chi connectivity index (χ0n) is 14.9. The highest BCUT2D eigenvalue weighted by atomic mass is 16.3. The van der Waals surface area contributed by atoms with Crippen LogP contribution in [0.2, 0.25) is 0 Å². The number of quaternary nitrogens is 1. The summed E-state index contributed by atoms with van der Waals surface area (Å²) in [4.78, 5) is 23.4. The van der Waals surface area contributed by atoms with E-state index in [0.717, 1.165) is 23.0 Å². The molecule has 2 aromatic rings. The van der Waals surface area contributed by atoms with Crippen LogP contribution in [0.1, 0.15) is 12.0 Å². The molecule has 0 bridgehead atoms. The third-order valence-corrected chi connectivity index (χ3v) is 3.97. The van der Waals surface area contributed by atoms with Gasteiger partial charge in [-0.1, -0.05) is 6.07 Å². The summed E-state index contributed by atoms with van der Waals surface area (Å²) in [7, 11) is 6.31. The molecule has 0 saturated heterocycles. The van der Waals surface area contributed by atoms with Crippen molar-refractivity contribution in [3.05, 3.63) is 44.2 Å². The number of aromatic hydroxyl groups is 2. The maximum atomic E-state index is 11.7. The van der Waals surface area contributed by atoms with Crippen LogP contribution in [0, 0.1) is 0 Å². The maximum absolute atomic E-state index is 11.7. The summed E-state index contributed by atoms with van der Waals surface area (Å²) in [6.45, 7) is 2.05. The molecule has 136 valence electrons. The SMILES string of the molecule is C[N+](C)(C)CCCNc1c(NCCc2ccc(O)c(O)c2)c(=O)c1=O. The summed E-state index contributed by atoms with van der Waals surface area (Å²) < 4.78 is 0.845. The van der Waals surface area contributed by atoms with Gasteiger partial charge in [0.25, 0.3) is 10.9 Å². The van der Waals surface area contributed by atoms with Crippen LogP contribution in [0.5, 0.6) is 11.5 Å². The zero-order chi connectivity index (χ0) is 18.6. The molecule has 0 aliphatic carbocycles. The molecule has 2 aromatic carbocycles. The lowest BCUT2D eigenvalue weighted by atomic mass is 10.1. The Morgan fingerprint density at radius 2 is 1.52 bits per heavy atom. The number of nitrogens with zero attached hydrogens (tertiary/aromatic N) is 1. The van der Waals surface area contributed by atoms with Gasteiger partial charge in [0.2, 0.25) is 0 Å². The molecule has 0 aliphatic rings. The number of anilines is 2. The number of rotatable bonds is 9. The first-order chi connectivity index (χ1) is 11.7. The predicted molar refractivity (Wildman–Crippen MR) is 99.3 cm³/mol. The number of nitrogens with one attached hydrogen (secondary N) is 2. The third-order valence-electron chi connectivity index (χ3n) is 3.97. The molecular formula is C18H26N3O4+. The van der Waals surface area contributed by atoms with Crippen LogP contribution in [0.15, 0.2) is 27.8 Å². The van der Waals surface area contributed by atoms with Gasteiger partial charge in [-0.05, 0) is 24.1 Å². The lowest BCUT2D eigenvalue weighted by Gasteiger charge is -2.24. The molecule has 0 unspecified atom stereocenters. The highest BCUT2D eigenvalue weighted by molar-refractivity contribution is 5.73. The number of phenols is 2. The van der Waals surface area contributed by atoms with E-state index in [4.69, 9.17) is 0 Å². The standard InChI is InChI=1S/C18H25N3O4/c1-21(2,3)10-4-8-19-15-16(18(25)17(15)24)20-9-7-12-5-6-13(22)14(23)11-12/h5-6,11H,4,7-10H2,1-3H3,(H3-,19,20,22,23,24,25)/p+1. The molecule has 0 aliphatic heterocycles. The van der Waals surface area contributed by atoms with Gasteiger partial charge < -0.3 is 25.3 Å². The van der Waals surface area contributed by atoms with Crippen molar-refractivity contribution in [2.45, 2.75) is 12.8 Å². The molecule has 0 heterocycles. The maximum Gasteiger partial charge on any atom is 0.253 e. The second kappa shape index (κ2) is 7.57. The van der Waals surface area contributed by atoms with Crippen LogP contribution in [0.4, 0.5) is 11.4 Å². The van der Waals surface area contributed by atoms with E-state index in [-0.39, 0.29) is 11.5 Å². The number of hydrogen-bond donors (Lipinski definition) is 4. The molecule has 2 rings (SSSR count). The van der Waals surface area contributed by atoms with Crippen molar-refractivity contribution >= 4 is 11.4 Å². The second-order valence-electron chi connectivity index (χ2n) is 7.20. The highest BCUT2D eigenvalue weighted by Gasteiger charge is 2.20. The molecule has 0 spiro atoms. The van der Waals surface area contributed by atoms with Gasteiger partial charge in [0.15, 0.2) is 11.5 Å². The van der Waals surface area contributed by atoms with Crippen LogP contribution >= 0.6 is 0 Å². The van der Waals surface area contributed by atoms with Crippen molar-refractivity contribution < 1.29 is 14.7 Å². The monoisotopic (exact) mass is 348 g/mol. The minimum Gasteiger partial charge on any atom is -0.504 e. The van der Waals surface area contributed by atoms with Crippen LogP contribution in [-0.4, -0.2) is 55.5 Å². The van der Waals surface area contributed by atoms with Crippen molar-refractivity contribution in [3.63, 3.8) is 0 Å². The van der Waals surface area contributed by atoms with Gasteiger partial charge in [-0.2, -0.15) is 0 Å². The Kier molecular flexibility index (Phi) is 5.69. The minimum atomic E-state index is -0.498. The molecule has 0 aromatic heterocycles. The summed E-state index contributed by atoms with van der Waals surface area (Å²) >= 11 is 0. The normalized spacial score (nSPS) is 11.6. The Bertz CT molecular complexity index is 802. The molecule has 0 saturated carbocycles. The van der Waals surface area contributed by atoms with Crippen molar-refractivity contribution in [2.75, 3.05) is 51.4 Å². The zero-order valence-corrected chi connectivity index (χ0v) is 14.9. The lowest BCUT2D eigenvalue weighted by Crippen LogP contribution is -2.39. The molecular weight excluding hydrogens is 322 g/mol. The summed E-state index contributed by atoms with van der Waals surface area (Å²) in [5, 5.41) is 24.8. The van der Waals surface area contributed by atoms with Crippen molar-refractivity contribution in [1.82, 2.24) is 0 Å². The van der Waals surface area contributed by atoms with E-state index in [1.807, 2.05) is 0 Å². The quantitative estimate of drug-likeness (QED) is 0.232. The topological polar surface area (TPSA) is 98.7 Å². The summed E-state index contributed by atoms with van der Waals surface area (Å²) in [5.74, 6) is -0.342. The summed E-state index contributed by atoms with van der Waals surface area (Å²) in [6.07, 6.45) is 1.45. The van der Waals surface area contributed by atoms with Gasteiger partial charge in [-0.15, -0.1) is 0 Å². The Labute approximate surface area is 146 Å². The van der Waals surface area contributed by atoms with Crippen LogP contribution in [-0.2, 0) is 6.42 Å². The highest BCUT2D eigenvalue weighted by Crippen LogP contribution is 2.25. The first-order valence-corrected chi connectivity index (χ1v) is 8.31. The Balaban J connectivity index is 1.86. The molecule has 0 atom stereocenters. The van der Waals surface area contributed by atoms with E-state index in [1.165, 1.54) is 12.1 Å². The molecule has 0 radical (unpaired) electrons. The van der Waals surface area contributed by atoms with Gasteiger partial charge >= 0.3 is 0 Å². The fourth-order valence-electron chi connectivity index (χ4n) is 2.55. The average molecular weight is 348 g/mol. The van der Waals surface area contributed by atoms with Gasteiger partial charge in [-0.25, -0.2) is 0 Å². The summed E-state index contributed by atoms with van der Waals surface area (Å²) in [5.41, 5.74) is 0.537. The first-order valence-electron chi connectivity index (χ1n) is 8.31. The van der Waals surface area contributed by atoms with Gasteiger partial charge in [0.1, 0.15) is 11.4 Å². The number of phenolic OH excluding ortho intramolecular Hbond substituents is 2. The van der Waals surface area contributed by atoms with Crippen molar-refractivity contribution in [3.8, 4) is 11.5 Å². The summed E-state index contributed by atoms with van der Waals surface area (Å²) in [6, 6.07) is 4.59. The first kappa shape index (κ1) is 18.8. The van der Waals surface area contributed by atoms with E-state index in [1.54, 1.807) is 6.07 Å². The van der Waals surface area contributed by atoms with E-state index >= 15 is 0 Å². The van der Waals surface area contributed by atoms with Gasteiger partial charge in [0, 0.05) is 19.5 Å². The number of benzene rings is 1. The largest absolute Gasteiger partial charge is 0.504 e. The average Bonchev–Trinajstić information content (AvgIpc) is 2.54. The van der Waals surface area contributed by atoms with Gasteiger partial charge in [-0.3, -0.25) is 9.59 Å². The minimum absolute atomic E-state index is 0.167. The molecule has 4 N–H and O–H groups in total. The molecule has 0 amide bonds. The Morgan fingerprint density at radius 3 is 2.08 bits per heavy atom. The Hall–Kier alpha value is -2.54. The predicted octanol–water partition coefficient (Wildman–Crippen LogP) is 0.857. The third kappa shape index (κ3) is 4.96. The molecule has 0 fully saturated rings. The fourth-order valence-corrected chi connectivity index (χ4v) is 2.55.